The summed E-state index contributed by atoms with van der Waals surface area (Å²) in [7, 11) is 0. The SMILES string of the molecule is CC1(c2cccc(CC(=O)c3cc(Br)co3)c2)COCC(N)=N1. The van der Waals surface area contributed by atoms with Gasteiger partial charge in [0.25, 0.3) is 0 Å². The Hall–Kier alpha value is -1.92. The van der Waals surface area contributed by atoms with Crippen molar-refractivity contribution < 1.29 is 13.9 Å². The molecule has 0 spiro atoms. The molecule has 5 nitrogen and oxygen atoms in total. The van der Waals surface area contributed by atoms with Crippen LogP contribution in [0.15, 0.2) is 50.5 Å². The molecule has 23 heavy (non-hydrogen) atoms. The fraction of sp³-hybridized carbons (Fsp3) is 0.294. The highest BCUT2D eigenvalue weighted by atomic mass is 79.9. The maximum atomic E-state index is 12.3. The molecule has 0 aliphatic carbocycles. The van der Waals surface area contributed by atoms with Gasteiger partial charge in [-0.05, 0) is 34.0 Å². The van der Waals surface area contributed by atoms with E-state index in [2.05, 4.69) is 20.9 Å². The van der Waals surface area contributed by atoms with Crippen molar-refractivity contribution >= 4 is 27.5 Å². The highest BCUT2D eigenvalue weighted by Crippen LogP contribution is 2.29. The van der Waals surface area contributed by atoms with Crippen molar-refractivity contribution in [3.8, 4) is 0 Å². The van der Waals surface area contributed by atoms with Gasteiger partial charge in [-0.1, -0.05) is 24.3 Å². The molecule has 0 fully saturated rings. The van der Waals surface area contributed by atoms with Gasteiger partial charge in [0.2, 0.25) is 5.78 Å². The topological polar surface area (TPSA) is 77.8 Å². The smallest absolute Gasteiger partial charge is 0.202 e. The largest absolute Gasteiger partial charge is 0.460 e. The Morgan fingerprint density at radius 2 is 2.26 bits per heavy atom. The number of furan rings is 1. The summed E-state index contributed by atoms with van der Waals surface area (Å²) in [5.74, 6) is 0.762. The first-order valence-corrected chi connectivity index (χ1v) is 8.04. The molecule has 2 heterocycles. The third-order valence-electron chi connectivity index (χ3n) is 3.78. The highest BCUT2D eigenvalue weighted by Gasteiger charge is 2.30. The molecular weight excluding hydrogens is 360 g/mol. The predicted octanol–water partition coefficient (Wildman–Crippen LogP) is 3.07. The van der Waals surface area contributed by atoms with E-state index in [9.17, 15) is 4.79 Å². The minimum Gasteiger partial charge on any atom is -0.460 e. The van der Waals surface area contributed by atoms with Gasteiger partial charge in [0.1, 0.15) is 24.2 Å². The molecule has 0 radical (unpaired) electrons. The van der Waals surface area contributed by atoms with E-state index >= 15 is 0 Å². The summed E-state index contributed by atoms with van der Waals surface area (Å²) >= 11 is 3.28. The summed E-state index contributed by atoms with van der Waals surface area (Å²) in [6.07, 6.45) is 1.77. The normalized spacial score (nSPS) is 21.0. The molecule has 2 N–H and O–H groups in total. The molecule has 0 saturated heterocycles. The van der Waals surface area contributed by atoms with E-state index < -0.39 is 5.54 Å². The lowest BCUT2D eigenvalue weighted by Crippen LogP contribution is -2.37. The van der Waals surface area contributed by atoms with Crippen molar-refractivity contribution in [2.24, 2.45) is 10.7 Å². The van der Waals surface area contributed by atoms with Crippen LogP contribution in [-0.4, -0.2) is 24.8 Å². The van der Waals surface area contributed by atoms with Crippen molar-refractivity contribution in [1.29, 1.82) is 0 Å². The Labute approximate surface area is 142 Å². The van der Waals surface area contributed by atoms with Crippen molar-refractivity contribution in [3.05, 3.63) is 58.0 Å². The number of carbonyl (C=O) groups is 1. The Kier molecular flexibility index (Phi) is 4.37. The van der Waals surface area contributed by atoms with Crippen LogP contribution in [0.4, 0.5) is 0 Å². The molecule has 0 saturated carbocycles. The number of carbonyl (C=O) groups excluding carboxylic acids is 1. The first kappa shape index (κ1) is 16.0. The van der Waals surface area contributed by atoms with Gasteiger partial charge < -0.3 is 14.9 Å². The summed E-state index contributed by atoms with van der Waals surface area (Å²) in [4.78, 5) is 16.8. The zero-order valence-corrected chi connectivity index (χ0v) is 14.3. The number of rotatable bonds is 4. The van der Waals surface area contributed by atoms with Gasteiger partial charge in [0.15, 0.2) is 5.76 Å². The Balaban J connectivity index is 1.83. The minimum absolute atomic E-state index is 0.0686. The molecule has 120 valence electrons. The maximum Gasteiger partial charge on any atom is 0.202 e. The van der Waals surface area contributed by atoms with Crippen LogP contribution < -0.4 is 5.73 Å². The van der Waals surface area contributed by atoms with Crippen LogP contribution in [0.2, 0.25) is 0 Å². The van der Waals surface area contributed by atoms with Gasteiger partial charge in [-0.25, -0.2) is 0 Å². The van der Waals surface area contributed by atoms with Gasteiger partial charge in [-0.15, -0.1) is 0 Å². The molecule has 1 aliphatic heterocycles. The molecule has 3 rings (SSSR count). The van der Waals surface area contributed by atoms with Crippen LogP contribution >= 0.6 is 15.9 Å². The highest BCUT2D eigenvalue weighted by molar-refractivity contribution is 9.10. The number of ether oxygens (including phenoxy) is 1. The van der Waals surface area contributed by atoms with Crippen LogP contribution in [0.25, 0.3) is 0 Å². The van der Waals surface area contributed by atoms with Gasteiger partial charge in [-0.3, -0.25) is 9.79 Å². The van der Waals surface area contributed by atoms with Gasteiger partial charge in [-0.2, -0.15) is 0 Å². The standard InChI is InChI=1S/C17H17BrN2O3/c1-17(10-22-9-16(19)20-17)12-4-2-3-11(5-12)6-14(21)15-7-13(18)8-23-15/h2-5,7-8H,6,9-10H2,1H3,(H2,19,20). The summed E-state index contributed by atoms with van der Waals surface area (Å²) in [5, 5.41) is 0. The minimum atomic E-state index is -0.519. The van der Waals surface area contributed by atoms with E-state index in [4.69, 9.17) is 14.9 Å². The number of hydrogen-bond acceptors (Lipinski definition) is 5. The van der Waals surface area contributed by atoms with Crippen molar-refractivity contribution in [1.82, 2.24) is 0 Å². The molecule has 1 unspecified atom stereocenters. The molecule has 1 atom stereocenters. The Morgan fingerprint density at radius 3 is 2.96 bits per heavy atom. The average molecular weight is 377 g/mol. The van der Waals surface area contributed by atoms with Crippen LogP contribution in [0.1, 0.15) is 28.6 Å². The van der Waals surface area contributed by atoms with E-state index in [1.165, 1.54) is 6.26 Å². The summed E-state index contributed by atoms with van der Waals surface area (Å²) < 4.78 is 11.5. The molecule has 2 aromatic rings. The monoisotopic (exact) mass is 376 g/mol. The number of nitrogens with two attached hydrogens (primary N) is 1. The number of benzene rings is 1. The number of nitrogens with zero attached hydrogens (tertiary/aromatic N) is 1. The lowest BCUT2D eigenvalue weighted by atomic mass is 9.90. The number of halogens is 1. The first-order valence-electron chi connectivity index (χ1n) is 7.25. The fourth-order valence-electron chi connectivity index (χ4n) is 2.63. The fourth-order valence-corrected chi connectivity index (χ4v) is 2.93. The van der Waals surface area contributed by atoms with Gasteiger partial charge in [0, 0.05) is 12.5 Å². The lowest BCUT2D eigenvalue weighted by molar-refractivity contribution is 0.0966. The summed E-state index contributed by atoms with van der Waals surface area (Å²) in [5.41, 5.74) is 7.16. The average Bonchev–Trinajstić information content (AvgIpc) is 2.94. The Bertz CT molecular complexity index is 769. The van der Waals surface area contributed by atoms with Crippen LogP contribution in [0, 0.1) is 0 Å². The van der Waals surface area contributed by atoms with E-state index in [0.29, 0.717) is 24.8 Å². The zero-order chi connectivity index (χ0) is 16.4. The van der Waals surface area contributed by atoms with E-state index in [1.807, 2.05) is 31.2 Å². The quantitative estimate of drug-likeness (QED) is 0.831. The second kappa shape index (κ2) is 6.29. The van der Waals surface area contributed by atoms with Crippen molar-refractivity contribution in [3.63, 3.8) is 0 Å². The van der Waals surface area contributed by atoms with Crippen LogP contribution in [0.5, 0.6) is 0 Å². The van der Waals surface area contributed by atoms with Crippen LogP contribution in [-0.2, 0) is 16.7 Å². The number of Topliss-reactive ketones (excluding diaryl/α,β-unsaturated/α-hetero) is 1. The third-order valence-corrected chi connectivity index (χ3v) is 4.20. The van der Waals surface area contributed by atoms with E-state index in [1.54, 1.807) is 6.07 Å². The molecule has 6 heteroatoms. The van der Waals surface area contributed by atoms with Gasteiger partial charge >= 0.3 is 0 Å². The van der Waals surface area contributed by atoms with Crippen LogP contribution in [0.3, 0.4) is 0 Å². The second-order valence-electron chi connectivity index (χ2n) is 5.80. The molecule has 1 aliphatic rings. The van der Waals surface area contributed by atoms with Crippen molar-refractivity contribution in [2.45, 2.75) is 18.9 Å². The number of aliphatic imine (C=N–C) groups is 1. The number of amidine groups is 1. The molecule has 0 bridgehead atoms. The zero-order valence-electron chi connectivity index (χ0n) is 12.7. The van der Waals surface area contributed by atoms with E-state index in [0.717, 1.165) is 15.6 Å². The Morgan fingerprint density at radius 1 is 1.43 bits per heavy atom. The lowest BCUT2D eigenvalue weighted by Gasteiger charge is -2.30. The van der Waals surface area contributed by atoms with Gasteiger partial charge in [0.05, 0.1) is 11.1 Å². The second-order valence-corrected chi connectivity index (χ2v) is 6.71. The molecule has 1 aromatic heterocycles. The summed E-state index contributed by atoms with van der Waals surface area (Å²) in [6, 6.07) is 9.46. The molecular formula is C17H17BrN2O3. The molecule has 1 aromatic carbocycles. The first-order chi connectivity index (χ1) is 11.0. The summed E-state index contributed by atoms with van der Waals surface area (Å²) in [6.45, 7) is 2.81. The van der Waals surface area contributed by atoms with Crippen molar-refractivity contribution in [2.75, 3.05) is 13.2 Å². The van der Waals surface area contributed by atoms with E-state index in [-0.39, 0.29) is 12.2 Å². The maximum absolute atomic E-state index is 12.3. The molecule has 0 amide bonds. The number of ketones is 1. The predicted molar refractivity (Wildman–Crippen MR) is 90.7 cm³/mol. The number of hydrogen-bond donors (Lipinski definition) is 1. The third kappa shape index (κ3) is 3.54.